The molecule has 1 unspecified atom stereocenters. The first-order valence-corrected chi connectivity index (χ1v) is 5.93. The van der Waals surface area contributed by atoms with Crippen LogP contribution in [0.1, 0.15) is 25.5 Å². The number of benzene rings is 1. The summed E-state index contributed by atoms with van der Waals surface area (Å²) < 4.78 is 5.95. The molecule has 0 bridgehead atoms. The Morgan fingerprint density at radius 1 is 1.38 bits per heavy atom. The van der Waals surface area contributed by atoms with E-state index in [4.69, 9.17) is 4.74 Å². The molecule has 1 rings (SSSR count). The number of hydrogen-bond acceptors (Lipinski definition) is 2. The minimum absolute atomic E-state index is 0.0410. The fourth-order valence-corrected chi connectivity index (χ4v) is 1.97. The van der Waals surface area contributed by atoms with E-state index in [9.17, 15) is 4.79 Å². The molecule has 1 N–H and O–H groups in total. The predicted molar refractivity (Wildman–Crippen MR) is 67.2 cm³/mol. The SMILES string of the molecule is COC(C)C(=O)N[C@@H](C)c1ccccc1Br. The lowest BCUT2D eigenvalue weighted by molar-refractivity contribution is -0.130. The average Bonchev–Trinajstić information content (AvgIpc) is 2.28. The lowest BCUT2D eigenvalue weighted by Crippen LogP contribution is -2.35. The van der Waals surface area contributed by atoms with Crippen LogP contribution >= 0.6 is 15.9 Å². The number of nitrogens with one attached hydrogen (secondary N) is 1. The van der Waals surface area contributed by atoms with Crippen molar-refractivity contribution in [1.29, 1.82) is 0 Å². The molecule has 1 aromatic carbocycles. The molecule has 1 aromatic rings. The maximum Gasteiger partial charge on any atom is 0.249 e. The van der Waals surface area contributed by atoms with Crippen LogP contribution in [-0.2, 0) is 9.53 Å². The van der Waals surface area contributed by atoms with Crippen molar-refractivity contribution < 1.29 is 9.53 Å². The summed E-state index contributed by atoms with van der Waals surface area (Å²) in [5.41, 5.74) is 1.05. The van der Waals surface area contributed by atoms with Crippen molar-refractivity contribution in [2.75, 3.05) is 7.11 Å². The van der Waals surface area contributed by atoms with Gasteiger partial charge in [0.05, 0.1) is 6.04 Å². The van der Waals surface area contributed by atoms with Gasteiger partial charge >= 0.3 is 0 Å². The van der Waals surface area contributed by atoms with Crippen LogP contribution in [0.3, 0.4) is 0 Å². The van der Waals surface area contributed by atoms with Crippen LogP contribution in [0.4, 0.5) is 0 Å². The standard InChI is InChI=1S/C12H16BrNO2/c1-8(14-12(15)9(2)16-3)10-6-4-5-7-11(10)13/h4-9H,1-3H3,(H,14,15)/t8-,9?/m0/s1. The Hall–Kier alpha value is -0.870. The molecule has 1 amide bonds. The topological polar surface area (TPSA) is 38.3 Å². The van der Waals surface area contributed by atoms with E-state index in [0.717, 1.165) is 10.0 Å². The summed E-state index contributed by atoms with van der Waals surface area (Å²) in [5, 5.41) is 2.89. The largest absolute Gasteiger partial charge is 0.372 e. The van der Waals surface area contributed by atoms with E-state index in [-0.39, 0.29) is 11.9 Å². The second-order valence-electron chi connectivity index (χ2n) is 3.63. The molecule has 88 valence electrons. The Morgan fingerprint density at radius 3 is 2.56 bits per heavy atom. The van der Waals surface area contributed by atoms with Gasteiger partial charge in [-0.1, -0.05) is 34.1 Å². The van der Waals surface area contributed by atoms with E-state index in [2.05, 4.69) is 21.2 Å². The fraction of sp³-hybridized carbons (Fsp3) is 0.417. The van der Waals surface area contributed by atoms with E-state index in [1.807, 2.05) is 31.2 Å². The van der Waals surface area contributed by atoms with Gasteiger partial charge < -0.3 is 10.1 Å². The van der Waals surface area contributed by atoms with Crippen molar-refractivity contribution in [1.82, 2.24) is 5.32 Å². The summed E-state index contributed by atoms with van der Waals surface area (Å²) >= 11 is 3.46. The minimum atomic E-state index is -0.426. The summed E-state index contributed by atoms with van der Waals surface area (Å²) in [4.78, 5) is 11.6. The molecule has 0 saturated heterocycles. The first-order chi connectivity index (χ1) is 7.56. The number of halogens is 1. The molecule has 0 spiro atoms. The molecule has 3 nitrogen and oxygen atoms in total. The molecule has 0 fully saturated rings. The van der Waals surface area contributed by atoms with Gasteiger partial charge in [0, 0.05) is 11.6 Å². The summed E-state index contributed by atoms with van der Waals surface area (Å²) in [5.74, 6) is -0.106. The number of carbonyl (C=O) groups is 1. The van der Waals surface area contributed by atoms with E-state index in [1.54, 1.807) is 6.92 Å². The summed E-state index contributed by atoms with van der Waals surface area (Å²) in [6, 6.07) is 7.78. The van der Waals surface area contributed by atoms with Crippen molar-refractivity contribution in [2.45, 2.75) is 26.0 Å². The molecule has 16 heavy (non-hydrogen) atoms. The number of rotatable bonds is 4. The third-order valence-electron chi connectivity index (χ3n) is 2.45. The monoisotopic (exact) mass is 285 g/mol. The van der Waals surface area contributed by atoms with Crippen molar-refractivity contribution in [3.63, 3.8) is 0 Å². The van der Waals surface area contributed by atoms with Crippen LogP contribution in [0, 0.1) is 0 Å². The first kappa shape index (κ1) is 13.2. The van der Waals surface area contributed by atoms with Gasteiger partial charge in [-0.3, -0.25) is 4.79 Å². The Morgan fingerprint density at radius 2 is 2.00 bits per heavy atom. The molecule has 0 aliphatic carbocycles. The number of carbonyl (C=O) groups excluding carboxylic acids is 1. The summed E-state index contributed by atoms with van der Waals surface area (Å²) in [6.07, 6.45) is -0.426. The highest BCUT2D eigenvalue weighted by Crippen LogP contribution is 2.22. The van der Waals surface area contributed by atoms with Crippen molar-refractivity contribution in [2.24, 2.45) is 0 Å². The van der Waals surface area contributed by atoms with Crippen LogP contribution < -0.4 is 5.32 Å². The molecule has 0 heterocycles. The number of methoxy groups -OCH3 is 1. The highest BCUT2D eigenvalue weighted by Gasteiger charge is 2.16. The highest BCUT2D eigenvalue weighted by molar-refractivity contribution is 9.10. The van der Waals surface area contributed by atoms with Gasteiger partial charge in [-0.15, -0.1) is 0 Å². The van der Waals surface area contributed by atoms with E-state index in [0.29, 0.717) is 0 Å². The molecule has 2 atom stereocenters. The Labute approximate surface area is 104 Å². The zero-order valence-electron chi connectivity index (χ0n) is 9.66. The number of amides is 1. The van der Waals surface area contributed by atoms with E-state index in [1.165, 1.54) is 7.11 Å². The van der Waals surface area contributed by atoms with Crippen LogP contribution in [0.15, 0.2) is 28.7 Å². The summed E-state index contributed by atoms with van der Waals surface area (Å²) in [6.45, 7) is 3.67. The Kier molecular flexibility index (Phi) is 4.96. The van der Waals surface area contributed by atoms with Crippen LogP contribution in [-0.4, -0.2) is 19.1 Å². The quantitative estimate of drug-likeness (QED) is 0.924. The predicted octanol–water partition coefficient (Wildman–Crippen LogP) is 2.66. The molecule has 0 aliphatic rings. The van der Waals surface area contributed by atoms with Gasteiger partial charge in [0.2, 0.25) is 5.91 Å². The van der Waals surface area contributed by atoms with E-state index < -0.39 is 6.10 Å². The van der Waals surface area contributed by atoms with Crippen LogP contribution in [0.25, 0.3) is 0 Å². The Bertz CT molecular complexity index is 368. The molecule has 0 radical (unpaired) electrons. The first-order valence-electron chi connectivity index (χ1n) is 5.14. The zero-order chi connectivity index (χ0) is 12.1. The smallest absolute Gasteiger partial charge is 0.249 e. The Balaban J connectivity index is 2.69. The number of ether oxygens (including phenoxy) is 1. The average molecular weight is 286 g/mol. The summed E-state index contributed by atoms with van der Waals surface area (Å²) in [7, 11) is 1.52. The lowest BCUT2D eigenvalue weighted by atomic mass is 10.1. The third kappa shape index (κ3) is 3.32. The van der Waals surface area contributed by atoms with Crippen molar-refractivity contribution in [3.05, 3.63) is 34.3 Å². The second-order valence-corrected chi connectivity index (χ2v) is 4.48. The van der Waals surface area contributed by atoms with Gasteiger partial charge in [-0.2, -0.15) is 0 Å². The van der Waals surface area contributed by atoms with Gasteiger partial charge in [-0.05, 0) is 25.5 Å². The van der Waals surface area contributed by atoms with Crippen molar-refractivity contribution in [3.8, 4) is 0 Å². The van der Waals surface area contributed by atoms with Crippen LogP contribution in [0.5, 0.6) is 0 Å². The second kappa shape index (κ2) is 6.01. The maximum absolute atomic E-state index is 11.6. The van der Waals surface area contributed by atoms with Crippen LogP contribution in [0.2, 0.25) is 0 Å². The van der Waals surface area contributed by atoms with Gasteiger partial charge in [-0.25, -0.2) is 0 Å². The maximum atomic E-state index is 11.6. The molecular weight excluding hydrogens is 270 g/mol. The van der Waals surface area contributed by atoms with Gasteiger partial charge in [0.1, 0.15) is 6.10 Å². The minimum Gasteiger partial charge on any atom is -0.372 e. The molecular formula is C12H16BrNO2. The molecule has 4 heteroatoms. The highest BCUT2D eigenvalue weighted by atomic mass is 79.9. The van der Waals surface area contributed by atoms with E-state index >= 15 is 0 Å². The third-order valence-corrected chi connectivity index (χ3v) is 3.18. The molecule has 0 saturated carbocycles. The normalized spacial score (nSPS) is 14.2. The van der Waals surface area contributed by atoms with Gasteiger partial charge in [0.15, 0.2) is 0 Å². The molecule has 0 aliphatic heterocycles. The van der Waals surface area contributed by atoms with Gasteiger partial charge in [0.25, 0.3) is 0 Å². The van der Waals surface area contributed by atoms with Crippen molar-refractivity contribution >= 4 is 21.8 Å². The number of hydrogen-bond donors (Lipinski definition) is 1. The molecule has 0 aromatic heterocycles. The lowest BCUT2D eigenvalue weighted by Gasteiger charge is -2.18. The fourth-order valence-electron chi connectivity index (χ4n) is 1.34. The zero-order valence-corrected chi connectivity index (χ0v) is 11.2.